The second-order valence-corrected chi connectivity index (χ2v) is 7.55. The van der Waals surface area contributed by atoms with Crippen molar-refractivity contribution in [3.05, 3.63) is 78.4 Å². The first kappa shape index (κ1) is 19.4. The van der Waals surface area contributed by atoms with Crippen LogP contribution < -0.4 is 14.8 Å². The molecule has 0 bridgehead atoms. The Morgan fingerprint density at radius 3 is 2.31 bits per heavy atom. The first-order chi connectivity index (χ1) is 14.3. The Kier molecular flexibility index (Phi) is 6.34. The number of hydrogen-bond acceptors (Lipinski definition) is 5. The van der Waals surface area contributed by atoms with Gasteiger partial charge in [-0.1, -0.05) is 60.3 Å². The van der Waals surface area contributed by atoms with E-state index in [0.717, 1.165) is 15.4 Å². The van der Waals surface area contributed by atoms with Gasteiger partial charge < -0.3 is 19.5 Å². The zero-order valence-electron chi connectivity index (χ0n) is 15.8. The number of fused-ring (bicyclic) bond motifs is 1. The summed E-state index contributed by atoms with van der Waals surface area (Å²) in [5.41, 5.74) is 1.70. The molecular formula is C23H21NO4S. The normalized spacial score (nSPS) is 12.4. The molecule has 0 aromatic heterocycles. The van der Waals surface area contributed by atoms with Crippen molar-refractivity contribution in [2.45, 2.75) is 16.4 Å². The van der Waals surface area contributed by atoms with E-state index >= 15 is 0 Å². The first-order valence-electron chi connectivity index (χ1n) is 9.36. The van der Waals surface area contributed by atoms with Crippen molar-refractivity contribution in [3.63, 3.8) is 0 Å². The van der Waals surface area contributed by atoms with Gasteiger partial charge in [-0.25, -0.2) is 0 Å². The number of carbonyl (C=O) groups is 1. The lowest BCUT2D eigenvalue weighted by Crippen LogP contribution is -2.20. The lowest BCUT2D eigenvalue weighted by Gasteiger charge is -2.21. The Bertz CT molecular complexity index is 963. The summed E-state index contributed by atoms with van der Waals surface area (Å²) < 4.78 is 16.9. The van der Waals surface area contributed by atoms with E-state index in [2.05, 4.69) is 5.32 Å². The van der Waals surface area contributed by atoms with E-state index in [1.165, 1.54) is 0 Å². The summed E-state index contributed by atoms with van der Waals surface area (Å²) in [5.74, 6) is 1.11. The number of amides is 1. The summed E-state index contributed by atoms with van der Waals surface area (Å²) in [6.07, 6.45) is 0. The van der Waals surface area contributed by atoms with Crippen molar-refractivity contribution >= 4 is 23.4 Å². The molecule has 0 fully saturated rings. The average molecular weight is 407 g/mol. The topological polar surface area (TPSA) is 56.8 Å². The quantitative estimate of drug-likeness (QED) is 0.612. The van der Waals surface area contributed by atoms with Crippen LogP contribution >= 0.6 is 11.8 Å². The molecule has 5 nitrogen and oxygen atoms in total. The highest BCUT2D eigenvalue weighted by atomic mass is 32.2. The van der Waals surface area contributed by atoms with E-state index in [1.54, 1.807) is 11.8 Å². The second-order valence-electron chi connectivity index (χ2n) is 6.43. The van der Waals surface area contributed by atoms with Gasteiger partial charge in [0.25, 0.3) is 0 Å². The molecule has 0 saturated carbocycles. The van der Waals surface area contributed by atoms with E-state index < -0.39 is 0 Å². The maximum Gasteiger partial charge on any atom is 0.250 e. The molecule has 0 saturated heterocycles. The third kappa shape index (κ3) is 5.31. The number of ether oxygens (including phenoxy) is 3. The lowest BCUT2D eigenvalue weighted by atomic mass is 10.2. The van der Waals surface area contributed by atoms with Crippen LogP contribution in [0, 0.1) is 0 Å². The molecule has 0 unspecified atom stereocenters. The molecule has 0 radical (unpaired) electrons. The molecule has 3 aromatic carbocycles. The van der Waals surface area contributed by atoms with Gasteiger partial charge in [0.1, 0.15) is 19.8 Å². The Hall–Kier alpha value is -2.96. The highest BCUT2D eigenvalue weighted by molar-refractivity contribution is 7.99. The van der Waals surface area contributed by atoms with Crippen LogP contribution in [0.3, 0.4) is 0 Å². The number of benzene rings is 3. The van der Waals surface area contributed by atoms with Crippen LogP contribution in [-0.4, -0.2) is 25.7 Å². The average Bonchev–Trinajstić information content (AvgIpc) is 2.75. The fourth-order valence-corrected chi connectivity index (χ4v) is 3.82. The fraction of sp³-hybridized carbons (Fsp3) is 0.174. The van der Waals surface area contributed by atoms with Crippen LogP contribution in [0.1, 0.15) is 5.56 Å². The fourth-order valence-electron chi connectivity index (χ4n) is 2.89. The Morgan fingerprint density at radius 1 is 0.931 bits per heavy atom. The smallest absolute Gasteiger partial charge is 0.250 e. The van der Waals surface area contributed by atoms with Crippen LogP contribution in [-0.2, 0) is 16.1 Å². The molecule has 1 aliphatic heterocycles. The van der Waals surface area contributed by atoms with Gasteiger partial charge in [-0.05, 0) is 17.7 Å². The minimum Gasteiger partial charge on any atom is -0.486 e. The van der Waals surface area contributed by atoms with Gasteiger partial charge >= 0.3 is 0 Å². The molecule has 1 amide bonds. The molecule has 4 rings (SSSR count). The zero-order chi connectivity index (χ0) is 19.9. The summed E-state index contributed by atoms with van der Waals surface area (Å²) in [6.45, 7) is 1.37. The Morgan fingerprint density at radius 2 is 1.59 bits per heavy atom. The summed E-state index contributed by atoms with van der Waals surface area (Å²) >= 11 is 1.56. The van der Waals surface area contributed by atoms with Gasteiger partial charge in [0.15, 0.2) is 11.5 Å². The minimum atomic E-state index is -0.215. The maximum atomic E-state index is 12.5. The van der Waals surface area contributed by atoms with E-state index in [9.17, 15) is 4.79 Å². The summed E-state index contributed by atoms with van der Waals surface area (Å²) in [5, 5.41) is 2.95. The highest BCUT2D eigenvalue weighted by Gasteiger charge is 2.18. The number of anilines is 1. The molecular weight excluding hydrogens is 386 g/mol. The van der Waals surface area contributed by atoms with Crippen LogP contribution in [0.25, 0.3) is 0 Å². The SMILES string of the molecule is O=C(COCc1ccccc1)Nc1cc2c(cc1Sc1ccccc1)OCCO2. The molecule has 0 spiro atoms. The standard InChI is InChI=1S/C23H21NO4S/c25-23(16-26-15-17-7-3-1-4-8-17)24-19-13-20-21(28-12-11-27-20)14-22(19)29-18-9-5-2-6-10-18/h1-10,13-14H,11-12,15-16H2,(H,24,25). The van der Waals surface area contributed by atoms with Gasteiger partial charge in [0.2, 0.25) is 5.91 Å². The summed E-state index contributed by atoms with van der Waals surface area (Å²) in [7, 11) is 0. The minimum absolute atomic E-state index is 0.0290. The number of rotatable bonds is 7. The van der Waals surface area contributed by atoms with Crippen LogP contribution in [0.5, 0.6) is 11.5 Å². The largest absolute Gasteiger partial charge is 0.486 e. The van der Waals surface area contributed by atoms with Crippen LogP contribution in [0.4, 0.5) is 5.69 Å². The third-order valence-corrected chi connectivity index (χ3v) is 5.30. The molecule has 29 heavy (non-hydrogen) atoms. The Labute approximate surface area is 174 Å². The molecule has 3 aromatic rings. The summed E-state index contributed by atoms with van der Waals surface area (Å²) in [4.78, 5) is 14.4. The van der Waals surface area contributed by atoms with E-state index in [-0.39, 0.29) is 12.5 Å². The van der Waals surface area contributed by atoms with Gasteiger partial charge in [-0.2, -0.15) is 0 Å². The van der Waals surface area contributed by atoms with E-state index in [1.807, 2.05) is 72.8 Å². The van der Waals surface area contributed by atoms with Crippen molar-refractivity contribution in [2.24, 2.45) is 0 Å². The van der Waals surface area contributed by atoms with Crippen LogP contribution in [0.2, 0.25) is 0 Å². The van der Waals surface area contributed by atoms with Crippen molar-refractivity contribution in [2.75, 3.05) is 25.1 Å². The first-order valence-corrected chi connectivity index (χ1v) is 10.2. The lowest BCUT2D eigenvalue weighted by molar-refractivity contribution is -0.121. The van der Waals surface area contributed by atoms with Gasteiger partial charge in [0.05, 0.1) is 12.3 Å². The summed E-state index contributed by atoms with van der Waals surface area (Å²) in [6, 6.07) is 23.5. The van der Waals surface area contributed by atoms with Crippen molar-refractivity contribution < 1.29 is 19.0 Å². The predicted molar refractivity (Wildman–Crippen MR) is 113 cm³/mol. The van der Waals surface area contributed by atoms with Crippen LogP contribution in [0.15, 0.2) is 82.6 Å². The molecule has 6 heteroatoms. The van der Waals surface area contributed by atoms with E-state index in [4.69, 9.17) is 14.2 Å². The molecule has 1 N–H and O–H groups in total. The molecule has 0 atom stereocenters. The van der Waals surface area contributed by atoms with Crippen molar-refractivity contribution in [3.8, 4) is 11.5 Å². The van der Waals surface area contributed by atoms with Gasteiger partial charge in [-0.3, -0.25) is 4.79 Å². The zero-order valence-corrected chi connectivity index (χ0v) is 16.6. The van der Waals surface area contributed by atoms with Gasteiger partial charge in [0, 0.05) is 21.9 Å². The maximum absolute atomic E-state index is 12.5. The number of nitrogens with one attached hydrogen (secondary N) is 1. The second kappa shape index (κ2) is 9.49. The van der Waals surface area contributed by atoms with E-state index in [0.29, 0.717) is 37.0 Å². The molecule has 0 aliphatic carbocycles. The molecule has 148 valence electrons. The van der Waals surface area contributed by atoms with Gasteiger partial charge in [-0.15, -0.1) is 0 Å². The monoisotopic (exact) mass is 407 g/mol. The third-order valence-electron chi connectivity index (χ3n) is 4.23. The molecule has 1 aliphatic rings. The van der Waals surface area contributed by atoms with Crippen molar-refractivity contribution in [1.82, 2.24) is 0 Å². The number of carbonyl (C=O) groups excluding carboxylic acids is 1. The predicted octanol–water partition coefficient (Wildman–Crippen LogP) is 4.76. The Balaban J connectivity index is 1.46. The molecule has 1 heterocycles. The number of hydrogen-bond donors (Lipinski definition) is 1. The highest BCUT2D eigenvalue weighted by Crippen LogP contribution is 2.42. The van der Waals surface area contributed by atoms with Crippen molar-refractivity contribution in [1.29, 1.82) is 0 Å².